The molecule has 1 aromatic carbocycles. The lowest BCUT2D eigenvalue weighted by Crippen LogP contribution is -2.50. The Morgan fingerprint density at radius 3 is 2.48 bits per heavy atom. The van der Waals surface area contributed by atoms with Gasteiger partial charge in [0.05, 0.1) is 17.9 Å². The van der Waals surface area contributed by atoms with Gasteiger partial charge >= 0.3 is 6.09 Å². The third kappa shape index (κ3) is 3.18. The number of piperazine rings is 1. The monoisotopic (exact) mass is 293 g/mol. The Kier molecular flexibility index (Phi) is 4.52. The molecular formula is C14H19N3O4. The number of carbonyl (C=O) groups is 2. The summed E-state index contributed by atoms with van der Waals surface area (Å²) in [4.78, 5) is 27.1. The highest BCUT2D eigenvalue weighted by Crippen LogP contribution is 2.25. The van der Waals surface area contributed by atoms with E-state index in [0.29, 0.717) is 32.8 Å². The summed E-state index contributed by atoms with van der Waals surface area (Å²) in [6.45, 7) is 3.69. The number of ether oxygens (including phenoxy) is 1. The van der Waals surface area contributed by atoms with Gasteiger partial charge in [-0.25, -0.2) is 4.79 Å². The van der Waals surface area contributed by atoms with Crippen LogP contribution in [0, 0.1) is 0 Å². The van der Waals surface area contributed by atoms with Crippen LogP contribution in [0.5, 0.6) is 5.75 Å². The van der Waals surface area contributed by atoms with Crippen molar-refractivity contribution in [1.29, 1.82) is 0 Å². The number of para-hydroxylation sites is 1. The van der Waals surface area contributed by atoms with Gasteiger partial charge in [0, 0.05) is 26.2 Å². The Morgan fingerprint density at radius 2 is 1.86 bits per heavy atom. The van der Waals surface area contributed by atoms with Crippen molar-refractivity contribution in [3.8, 4) is 5.75 Å². The molecule has 1 heterocycles. The number of nitrogens with zero attached hydrogens (tertiary/aromatic N) is 2. The highest BCUT2D eigenvalue weighted by atomic mass is 16.6. The van der Waals surface area contributed by atoms with Gasteiger partial charge in [-0.1, -0.05) is 6.07 Å². The summed E-state index contributed by atoms with van der Waals surface area (Å²) in [7, 11) is 0. The van der Waals surface area contributed by atoms with Crippen LogP contribution >= 0.6 is 0 Å². The molecular weight excluding hydrogens is 274 g/mol. The van der Waals surface area contributed by atoms with Gasteiger partial charge in [-0.2, -0.15) is 0 Å². The quantitative estimate of drug-likeness (QED) is 0.623. The lowest BCUT2D eigenvalue weighted by atomic mass is 10.1. The van der Waals surface area contributed by atoms with Crippen molar-refractivity contribution in [2.75, 3.05) is 38.5 Å². The molecule has 0 aliphatic carbocycles. The molecule has 0 unspecified atom stereocenters. The Morgan fingerprint density at radius 1 is 1.24 bits per heavy atom. The number of phenols is 1. The van der Waals surface area contributed by atoms with Crippen LogP contribution in [-0.2, 0) is 4.74 Å². The van der Waals surface area contributed by atoms with Crippen LogP contribution in [0.25, 0.3) is 0 Å². The van der Waals surface area contributed by atoms with Crippen LogP contribution in [-0.4, -0.2) is 59.7 Å². The van der Waals surface area contributed by atoms with Gasteiger partial charge in [-0.15, -0.1) is 0 Å². The van der Waals surface area contributed by atoms with E-state index in [4.69, 9.17) is 10.5 Å². The smallest absolute Gasteiger partial charge is 0.409 e. The second kappa shape index (κ2) is 6.34. The molecule has 1 aromatic rings. The Bertz CT molecular complexity index is 539. The number of nitrogens with two attached hydrogens (primary N) is 1. The summed E-state index contributed by atoms with van der Waals surface area (Å²) in [5.74, 6) is -0.487. The predicted molar refractivity (Wildman–Crippen MR) is 77.0 cm³/mol. The minimum absolute atomic E-state index is 0.172. The van der Waals surface area contributed by atoms with E-state index in [1.54, 1.807) is 22.8 Å². The zero-order chi connectivity index (χ0) is 15.4. The van der Waals surface area contributed by atoms with Crippen LogP contribution in [0.1, 0.15) is 17.3 Å². The van der Waals surface area contributed by atoms with Gasteiger partial charge in [0.1, 0.15) is 0 Å². The molecule has 114 valence electrons. The number of benzene rings is 1. The lowest BCUT2D eigenvalue weighted by Gasteiger charge is -2.34. The van der Waals surface area contributed by atoms with Gasteiger partial charge in [0.2, 0.25) is 0 Å². The molecule has 0 aromatic heterocycles. The molecule has 0 spiro atoms. The van der Waals surface area contributed by atoms with Gasteiger partial charge in [0.15, 0.2) is 5.75 Å². The Hall–Kier alpha value is -2.44. The summed E-state index contributed by atoms with van der Waals surface area (Å²) in [5.41, 5.74) is 5.95. The lowest BCUT2D eigenvalue weighted by molar-refractivity contribution is 0.0568. The van der Waals surface area contributed by atoms with E-state index in [1.807, 2.05) is 0 Å². The van der Waals surface area contributed by atoms with E-state index >= 15 is 0 Å². The molecule has 7 nitrogen and oxygen atoms in total. The molecule has 21 heavy (non-hydrogen) atoms. The Labute approximate surface area is 122 Å². The second-order valence-electron chi connectivity index (χ2n) is 4.72. The number of rotatable bonds is 2. The molecule has 1 fully saturated rings. The maximum absolute atomic E-state index is 12.4. The van der Waals surface area contributed by atoms with Gasteiger partial charge in [0.25, 0.3) is 5.91 Å². The van der Waals surface area contributed by atoms with E-state index in [0.717, 1.165) is 0 Å². The standard InChI is InChI=1S/C14H19N3O4/c1-2-21-14(20)17-8-6-16(7-9-17)13(19)10-4-3-5-11(15)12(10)18/h3-5,18H,2,6-9,15H2,1H3. The van der Waals surface area contributed by atoms with Crippen molar-refractivity contribution in [1.82, 2.24) is 9.80 Å². The van der Waals surface area contributed by atoms with Crippen LogP contribution in [0.15, 0.2) is 18.2 Å². The number of phenolic OH excluding ortho intramolecular Hbond substituents is 1. The fraction of sp³-hybridized carbons (Fsp3) is 0.429. The largest absolute Gasteiger partial charge is 0.505 e. The fourth-order valence-electron chi connectivity index (χ4n) is 2.21. The molecule has 2 rings (SSSR count). The molecule has 0 radical (unpaired) electrons. The van der Waals surface area contributed by atoms with E-state index in [9.17, 15) is 14.7 Å². The number of hydrogen-bond acceptors (Lipinski definition) is 5. The fourth-order valence-corrected chi connectivity index (χ4v) is 2.21. The summed E-state index contributed by atoms with van der Waals surface area (Å²) in [6, 6.07) is 4.69. The maximum Gasteiger partial charge on any atom is 0.409 e. The molecule has 1 aliphatic heterocycles. The number of hydrogen-bond donors (Lipinski definition) is 2. The molecule has 7 heteroatoms. The predicted octanol–water partition coefficient (Wildman–Crippen LogP) is 0.889. The van der Waals surface area contributed by atoms with Crippen LogP contribution in [0.2, 0.25) is 0 Å². The van der Waals surface area contributed by atoms with Gasteiger partial charge in [-0.05, 0) is 19.1 Å². The minimum atomic E-state index is -0.364. The highest BCUT2D eigenvalue weighted by molar-refractivity contribution is 5.98. The van der Waals surface area contributed by atoms with E-state index in [2.05, 4.69) is 0 Å². The van der Waals surface area contributed by atoms with Crippen molar-refractivity contribution in [3.05, 3.63) is 23.8 Å². The number of carbonyl (C=O) groups excluding carboxylic acids is 2. The van der Waals surface area contributed by atoms with Crippen molar-refractivity contribution in [2.45, 2.75) is 6.92 Å². The first-order valence-electron chi connectivity index (χ1n) is 6.83. The SMILES string of the molecule is CCOC(=O)N1CCN(C(=O)c2cccc(N)c2O)CC1. The first-order valence-corrected chi connectivity index (χ1v) is 6.83. The van der Waals surface area contributed by atoms with E-state index < -0.39 is 0 Å². The normalized spacial score (nSPS) is 14.9. The van der Waals surface area contributed by atoms with Crippen molar-refractivity contribution in [3.63, 3.8) is 0 Å². The molecule has 1 aliphatic rings. The molecule has 2 amide bonds. The number of nitrogen functional groups attached to an aromatic ring is 1. The summed E-state index contributed by atoms with van der Waals surface area (Å²) >= 11 is 0. The average Bonchev–Trinajstić information content (AvgIpc) is 2.50. The zero-order valence-electron chi connectivity index (χ0n) is 11.9. The summed E-state index contributed by atoms with van der Waals surface area (Å²) in [5, 5.41) is 9.85. The van der Waals surface area contributed by atoms with Gasteiger partial charge < -0.3 is 25.4 Å². The number of aromatic hydroxyl groups is 1. The average molecular weight is 293 g/mol. The van der Waals surface area contributed by atoms with Crippen molar-refractivity contribution in [2.24, 2.45) is 0 Å². The third-order valence-corrected chi connectivity index (χ3v) is 3.39. The first kappa shape index (κ1) is 15.0. The first-order chi connectivity index (χ1) is 10.0. The summed E-state index contributed by atoms with van der Waals surface area (Å²) < 4.78 is 4.92. The second-order valence-corrected chi connectivity index (χ2v) is 4.72. The molecule has 3 N–H and O–H groups in total. The van der Waals surface area contributed by atoms with Crippen LogP contribution in [0.3, 0.4) is 0 Å². The molecule has 0 saturated carbocycles. The highest BCUT2D eigenvalue weighted by Gasteiger charge is 2.26. The van der Waals surface area contributed by atoms with Crippen LogP contribution < -0.4 is 5.73 Å². The summed E-state index contributed by atoms with van der Waals surface area (Å²) in [6.07, 6.45) is -0.364. The molecule has 1 saturated heterocycles. The zero-order valence-corrected chi connectivity index (χ0v) is 11.9. The molecule has 0 atom stereocenters. The maximum atomic E-state index is 12.4. The van der Waals surface area contributed by atoms with E-state index in [1.165, 1.54) is 12.1 Å². The van der Waals surface area contributed by atoms with Crippen LogP contribution in [0.4, 0.5) is 10.5 Å². The number of amides is 2. The Balaban J connectivity index is 2.00. The molecule has 0 bridgehead atoms. The number of anilines is 1. The minimum Gasteiger partial charge on any atom is -0.505 e. The topological polar surface area (TPSA) is 96.1 Å². The van der Waals surface area contributed by atoms with Gasteiger partial charge in [-0.3, -0.25) is 4.79 Å². The third-order valence-electron chi connectivity index (χ3n) is 3.39. The van der Waals surface area contributed by atoms with Crippen molar-refractivity contribution < 1.29 is 19.4 Å². The van der Waals surface area contributed by atoms with Crippen molar-refractivity contribution >= 4 is 17.7 Å². The van der Waals surface area contributed by atoms with E-state index in [-0.39, 0.29) is 29.0 Å².